The van der Waals surface area contributed by atoms with E-state index >= 15 is 0 Å². The lowest BCUT2D eigenvalue weighted by molar-refractivity contribution is 0.408. The number of methoxy groups -OCH3 is 1. The topological polar surface area (TPSA) is 24.5 Å². The van der Waals surface area contributed by atoms with Gasteiger partial charge in [0.15, 0.2) is 0 Å². The van der Waals surface area contributed by atoms with Crippen LogP contribution in [0.4, 0.5) is 5.69 Å². The molecular formula is C14H22N2O. The first kappa shape index (κ1) is 12.2. The van der Waals surface area contributed by atoms with Crippen molar-refractivity contribution in [1.29, 1.82) is 0 Å². The Morgan fingerprint density at radius 3 is 2.71 bits per heavy atom. The Morgan fingerprint density at radius 1 is 1.29 bits per heavy atom. The average Bonchev–Trinajstić information content (AvgIpc) is 2.49. The molecule has 0 unspecified atom stereocenters. The molecule has 1 N–H and O–H groups in total. The van der Waals surface area contributed by atoms with Gasteiger partial charge in [0.1, 0.15) is 5.75 Å². The Bertz CT molecular complexity index is 396. The third kappa shape index (κ3) is 2.39. The third-order valence-electron chi connectivity index (χ3n) is 3.21. The van der Waals surface area contributed by atoms with Gasteiger partial charge >= 0.3 is 0 Å². The van der Waals surface area contributed by atoms with Gasteiger partial charge in [-0.3, -0.25) is 0 Å². The van der Waals surface area contributed by atoms with E-state index in [0.29, 0.717) is 0 Å². The van der Waals surface area contributed by atoms with Gasteiger partial charge in [0.05, 0.1) is 12.8 Å². The van der Waals surface area contributed by atoms with Gasteiger partial charge in [0.25, 0.3) is 0 Å². The average molecular weight is 234 g/mol. The Labute approximate surface area is 104 Å². The summed E-state index contributed by atoms with van der Waals surface area (Å²) in [5, 5.41) is 3.46. The first-order valence-corrected chi connectivity index (χ1v) is 6.18. The van der Waals surface area contributed by atoms with Crippen molar-refractivity contribution in [2.24, 2.45) is 0 Å². The lowest BCUT2D eigenvalue weighted by Crippen LogP contribution is -2.44. The summed E-state index contributed by atoms with van der Waals surface area (Å²) in [6.45, 7) is 9.67. The number of hydrogen-bond donors (Lipinski definition) is 1. The van der Waals surface area contributed by atoms with Gasteiger partial charge < -0.3 is 15.0 Å². The predicted molar refractivity (Wildman–Crippen MR) is 71.8 cm³/mol. The maximum absolute atomic E-state index is 5.52. The molecule has 3 nitrogen and oxygen atoms in total. The van der Waals surface area contributed by atoms with Gasteiger partial charge in [0, 0.05) is 25.2 Å². The minimum atomic E-state index is 0.107. The molecule has 1 heterocycles. The summed E-state index contributed by atoms with van der Waals surface area (Å²) in [4.78, 5) is 2.43. The number of ether oxygens (including phenoxy) is 1. The van der Waals surface area contributed by atoms with Gasteiger partial charge in [-0.05, 0) is 32.4 Å². The molecule has 0 saturated carbocycles. The van der Waals surface area contributed by atoms with Crippen LogP contribution >= 0.6 is 0 Å². The van der Waals surface area contributed by atoms with E-state index in [9.17, 15) is 0 Å². The number of para-hydroxylation sites is 1. The molecule has 17 heavy (non-hydrogen) atoms. The van der Waals surface area contributed by atoms with Crippen molar-refractivity contribution < 1.29 is 4.74 Å². The molecular weight excluding hydrogens is 212 g/mol. The molecule has 0 aromatic heterocycles. The Hall–Kier alpha value is -1.22. The second kappa shape index (κ2) is 4.57. The van der Waals surface area contributed by atoms with Gasteiger partial charge in [-0.15, -0.1) is 0 Å². The van der Waals surface area contributed by atoms with Crippen molar-refractivity contribution in [3.63, 3.8) is 0 Å². The standard InChI is InChI=1S/C14H22N2O/c1-14(2,3)16-9-8-15-10-11-6-5-7-12(17-4)13(11)16/h5-7,15H,8-10H2,1-4H3. The largest absolute Gasteiger partial charge is 0.495 e. The summed E-state index contributed by atoms with van der Waals surface area (Å²) < 4.78 is 5.52. The van der Waals surface area contributed by atoms with Crippen LogP contribution in [0.1, 0.15) is 26.3 Å². The zero-order chi connectivity index (χ0) is 12.5. The summed E-state index contributed by atoms with van der Waals surface area (Å²) >= 11 is 0. The number of hydrogen-bond acceptors (Lipinski definition) is 3. The summed E-state index contributed by atoms with van der Waals surface area (Å²) in [5.41, 5.74) is 2.67. The van der Waals surface area contributed by atoms with Gasteiger partial charge in [-0.1, -0.05) is 12.1 Å². The summed E-state index contributed by atoms with van der Waals surface area (Å²) in [6.07, 6.45) is 0. The van der Waals surface area contributed by atoms with Crippen molar-refractivity contribution in [2.45, 2.75) is 32.9 Å². The van der Waals surface area contributed by atoms with Crippen LogP contribution in [0, 0.1) is 0 Å². The number of anilines is 1. The first-order chi connectivity index (χ1) is 8.04. The van der Waals surface area contributed by atoms with Crippen molar-refractivity contribution in [3.05, 3.63) is 23.8 Å². The molecule has 1 aromatic carbocycles. The number of fused-ring (bicyclic) bond motifs is 1. The second-order valence-electron chi connectivity index (χ2n) is 5.47. The normalized spacial score (nSPS) is 16.4. The van der Waals surface area contributed by atoms with Gasteiger partial charge in [0.2, 0.25) is 0 Å². The molecule has 0 fully saturated rings. The molecule has 0 bridgehead atoms. The fourth-order valence-electron chi connectivity index (χ4n) is 2.38. The molecule has 0 spiro atoms. The highest BCUT2D eigenvalue weighted by Crippen LogP contribution is 2.36. The van der Waals surface area contributed by atoms with Crippen molar-refractivity contribution >= 4 is 5.69 Å². The third-order valence-corrected chi connectivity index (χ3v) is 3.21. The highest BCUT2D eigenvalue weighted by Gasteiger charge is 2.27. The van der Waals surface area contributed by atoms with Crippen LogP contribution in [-0.2, 0) is 6.54 Å². The lowest BCUT2D eigenvalue weighted by atomic mass is 10.0. The highest BCUT2D eigenvalue weighted by atomic mass is 16.5. The molecule has 0 aliphatic carbocycles. The Balaban J connectivity index is 2.53. The second-order valence-corrected chi connectivity index (χ2v) is 5.47. The number of nitrogens with zero attached hydrogens (tertiary/aromatic N) is 1. The molecule has 0 radical (unpaired) electrons. The molecule has 2 rings (SSSR count). The lowest BCUT2D eigenvalue weighted by Gasteiger charge is -2.38. The van der Waals surface area contributed by atoms with Crippen molar-refractivity contribution in [2.75, 3.05) is 25.1 Å². The highest BCUT2D eigenvalue weighted by molar-refractivity contribution is 5.65. The van der Waals surface area contributed by atoms with Crippen LogP contribution in [0.3, 0.4) is 0 Å². The van der Waals surface area contributed by atoms with E-state index in [4.69, 9.17) is 4.74 Å². The molecule has 0 saturated heterocycles. The maximum atomic E-state index is 5.52. The molecule has 3 heteroatoms. The Kier molecular flexibility index (Phi) is 3.29. The minimum absolute atomic E-state index is 0.107. The van der Waals surface area contributed by atoms with Crippen LogP contribution < -0.4 is 15.0 Å². The van der Waals surface area contributed by atoms with E-state index in [-0.39, 0.29) is 5.54 Å². The quantitative estimate of drug-likeness (QED) is 0.807. The fourth-order valence-corrected chi connectivity index (χ4v) is 2.38. The smallest absolute Gasteiger partial charge is 0.142 e. The molecule has 0 amide bonds. The number of benzene rings is 1. The van der Waals surface area contributed by atoms with E-state index in [1.807, 2.05) is 6.07 Å². The molecule has 0 atom stereocenters. The zero-order valence-electron chi connectivity index (χ0n) is 11.2. The molecule has 94 valence electrons. The minimum Gasteiger partial charge on any atom is -0.495 e. The van der Waals surface area contributed by atoms with Gasteiger partial charge in [-0.25, -0.2) is 0 Å². The monoisotopic (exact) mass is 234 g/mol. The number of rotatable bonds is 1. The van der Waals surface area contributed by atoms with Gasteiger partial charge in [-0.2, -0.15) is 0 Å². The van der Waals surface area contributed by atoms with E-state index in [0.717, 1.165) is 25.4 Å². The van der Waals surface area contributed by atoms with Crippen molar-refractivity contribution in [3.8, 4) is 5.75 Å². The summed E-state index contributed by atoms with van der Waals surface area (Å²) in [7, 11) is 1.74. The SMILES string of the molecule is COc1cccc2c1N(C(C)(C)C)CCNC2. The van der Waals surface area contributed by atoms with Crippen LogP contribution in [0.5, 0.6) is 5.75 Å². The van der Waals surface area contributed by atoms with E-state index in [2.05, 4.69) is 43.1 Å². The predicted octanol–water partition coefficient (Wildman–Crippen LogP) is 2.40. The maximum Gasteiger partial charge on any atom is 0.142 e. The van der Waals surface area contributed by atoms with Crippen LogP contribution in [-0.4, -0.2) is 25.7 Å². The van der Waals surface area contributed by atoms with Crippen LogP contribution in [0.25, 0.3) is 0 Å². The Morgan fingerprint density at radius 2 is 2.06 bits per heavy atom. The van der Waals surface area contributed by atoms with Crippen LogP contribution in [0.15, 0.2) is 18.2 Å². The van der Waals surface area contributed by atoms with E-state index in [1.54, 1.807) is 7.11 Å². The summed E-state index contributed by atoms with van der Waals surface area (Å²) in [6, 6.07) is 6.28. The van der Waals surface area contributed by atoms with Crippen molar-refractivity contribution in [1.82, 2.24) is 5.32 Å². The molecule has 1 aliphatic rings. The van der Waals surface area contributed by atoms with Crippen LogP contribution in [0.2, 0.25) is 0 Å². The molecule has 1 aromatic rings. The summed E-state index contributed by atoms with van der Waals surface area (Å²) in [5.74, 6) is 0.973. The zero-order valence-corrected chi connectivity index (χ0v) is 11.2. The molecule has 1 aliphatic heterocycles. The van der Waals surface area contributed by atoms with E-state index in [1.165, 1.54) is 11.3 Å². The number of nitrogens with one attached hydrogen (secondary N) is 1. The van der Waals surface area contributed by atoms with E-state index < -0.39 is 0 Å². The first-order valence-electron chi connectivity index (χ1n) is 6.18. The fraction of sp³-hybridized carbons (Fsp3) is 0.571.